The van der Waals surface area contributed by atoms with E-state index in [1.165, 1.54) is 12.8 Å². The van der Waals surface area contributed by atoms with Crippen LogP contribution in [0, 0.1) is 0 Å². The van der Waals surface area contributed by atoms with E-state index >= 15 is 0 Å². The first-order valence-corrected chi connectivity index (χ1v) is 6.45. The predicted molar refractivity (Wildman–Crippen MR) is 67.2 cm³/mol. The number of hydrogen-bond acceptors (Lipinski definition) is 2. The van der Waals surface area contributed by atoms with Crippen molar-refractivity contribution in [2.24, 2.45) is 0 Å². The maximum atomic E-state index is 12.1. The Balaban J connectivity index is 2.42. The van der Waals surface area contributed by atoms with Crippen molar-refractivity contribution in [3.63, 3.8) is 0 Å². The molecule has 17 heavy (non-hydrogen) atoms. The summed E-state index contributed by atoms with van der Waals surface area (Å²) in [7, 11) is 3.58. The van der Waals surface area contributed by atoms with Crippen molar-refractivity contribution in [2.75, 3.05) is 14.1 Å². The molecule has 0 spiro atoms. The normalized spacial score (nSPS) is 14.5. The van der Waals surface area contributed by atoms with Crippen LogP contribution in [-0.2, 0) is 19.4 Å². The molecular formula is C13H21N3O. The highest BCUT2D eigenvalue weighted by molar-refractivity contribution is 5.93. The minimum absolute atomic E-state index is 0.0398. The van der Waals surface area contributed by atoms with Gasteiger partial charge in [0.25, 0.3) is 5.91 Å². The fourth-order valence-corrected chi connectivity index (χ4v) is 2.41. The fraction of sp³-hybridized carbons (Fsp3) is 0.692. The van der Waals surface area contributed by atoms with Gasteiger partial charge in [0.2, 0.25) is 0 Å². The molecule has 0 bridgehead atoms. The van der Waals surface area contributed by atoms with Crippen molar-refractivity contribution in [1.29, 1.82) is 0 Å². The van der Waals surface area contributed by atoms with Crippen LogP contribution >= 0.6 is 0 Å². The average Bonchev–Trinajstić information content (AvgIpc) is 2.68. The van der Waals surface area contributed by atoms with E-state index < -0.39 is 0 Å². The molecule has 0 unspecified atom stereocenters. The van der Waals surface area contributed by atoms with E-state index in [0.717, 1.165) is 37.3 Å². The first-order chi connectivity index (χ1) is 8.15. The summed E-state index contributed by atoms with van der Waals surface area (Å²) in [6, 6.07) is 0. The zero-order chi connectivity index (χ0) is 12.4. The summed E-state index contributed by atoms with van der Waals surface area (Å²) in [6.07, 6.45) is 5.41. The van der Waals surface area contributed by atoms with Gasteiger partial charge in [0.05, 0.1) is 5.69 Å². The third-order valence-electron chi connectivity index (χ3n) is 3.28. The molecule has 0 saturated heterocycles. The summed E-state index contributed by atoms with van der Waals surface area (Å²) in [5, 5.41) is 0. The van der Waals surface area contributed by atoms with Crippen LogP contribution in [0.25, 0.3) is 0 Å². The SMILES string of the molecule is CCCc1nc(C(=O)N(C)C)c2n1CCCC2. The van der Waals surface area contributed by atoms with Crippen molar-refractivity contribution < 1.29 is 4.79 Å². The molecule has 4 heteroatoms. The molecule has 2 heterocycles. The van der Waals surface area contributed by atoms with Gasteiger partial charge in [-0.1, -0.05) is 6.92 Å². The van der Waals surface area contributed by atoms with Crippen LogP contribution in [0.3, 0.4) is 0 Å². The van der Waals surface area contributed by atoms with Crippen LogP contribution in [0.5, 0.6) is 0 Å². The number of hydrogen-bond donors (Lipinski definition) is 0. The number of carbonyl (C=O) groups is 1. The molecule has 94 valence electrons. The van der Waals surface area contributed by atoms with Crippen LogP contribution in [0.2, 0.25) is 0 Å². The van der Waals surface area contributed by atoms with E-state index in [9.17, 15) is 4.79 Å². The van der Waals surface area contributed by atoms with Gasteiger partial charge < -0.3 is 9.47 Å². The molecule has 1 aliphatic rings. The number of amides is 1. The second kappa shape index (κ2) is 4.90. The first kappa shape index (κ1) is 12.1. The fourth-order valence-electron chi connectivity index (χ4n) is 2.41. The zero-order valence-corrected chi connectivity index (χ0v) is 11.0. The molecule has 0 aliphatic carbocycles. The topological polar surface area (TPSA) is 38.1 Å². The van der Waals surface area contributed by atoms with Gasteiger partial charge in [0, 0.05) is 27.1 Å². The number of rotatable bonds is 3. The van der Waals surface area contributed by atoms with Crippen LogP contribution in [0.15, 0.2) is 0 Å². The van der Waals surface area contributed by atoms with Crippen LogP contribution in [-0.4, -0.2) is 34.5 Å². The van der Waals surface area contributed by atoms with Gasteiger partial charge in [-0.25, -0.2) is 4.98 Å². The molecule has 0 aromatic carbocycles. The van der Waals surface area contributed by atoms with E-state index in [0.29, 0.717) is 5.69 Å². The molecule has 4 nitrogen and oxygen atoms in total. The van der Waals surface area contributed by atoms with Gasteiger partial charge in [0.1, 0.15) is 11.5 Å². The molecule has 0 fully saturated rings. The van der Waals surface area contributed by atoms with E-state index in [-0.39, 0.29) is 5.91 Å². The minimum Gasteiger partial charge on any atom is -0.343 e. The average molecular weight is 235 g/mol. The summed E-state index contributed by atoms with van der Waals surface area (Å²) < 4.78 is 2.27. The Hall–Kier alpha value is -1.32. The lowest BCUT2D eigenvalue weighted by Gasteiger charge is -2.17. The number of aromatic nitrogens is 2. The Labute approximate surface area is 103 Å². The Morgan fingerprint density at radius 2 is 2.18 bits per heavy atom. The second-order valence-corrected chi connectivity index (χ2v) is 4.88. The summed E-state index contributed by atoms with van der Waals surface area (Å²) in [5.74, 6) is 1.13. The molecular weight excluding hydrogens is 214 g/mol. The number of nitrogens with zero attached hydrogens (tertiary/aromatic N) is 3. The molecule has 1 aromatic rings. The zero-order valence-electron chi connectivity index (χ0n) is 11.0. The van der Waals surface area contributed by atoms with Crippen molar-refractivity contribution >= 4 is 5.91 Å². The van der Waals surface area contributed by atoms with Gasteiger partial charge >= 0.3 is 0 Å². The number of carbonyl (C=O) groups excluding carboxylic acids is 1. The number of fused-ring (bicyclic) bond motifs is 1. The van der Waals surface area contributed by atoms with E-state index in [1.807, 2.05) is 0 Å². The van der Waals surface area contributed by atoms with E-state index in [1.54, 1.807) is 19.0 Å². The highest BCUT2D eigenvalue weighted by Crippen LogP contribution is 2.22. The van der Waals surface area contributed by atoms with Crippen molar-refractivity contribution in [3.8, 4) is 0 Å². The summed E-state index contributed by atoms with van der Waals surface area (Å²) in [4.78, 5) is 18.3. The van der Waals surface area contributed by atoms with Gasteiger partial charge in [-0.15, -0.1) is 0 Å². The number of imidazole rings is 1. The monoisotopic (exact) mass is 235 g/mol. The van der Waals surface area contributed by atoms with Crippen molar-refractivity contribution in [1.82, 2.24) is 14.5 Å². The highest BCUT2D eigenvalue weighted by atomic mass is 16.2. The van der Waals surface area contributed by atoms with Gasteiger partial charge in [0.15, 0.2) is 0 Å². The smallest absolute Gasteiger partial charge is 0.273 e. The third-order valence-corrected chi connectivity index (χ3v) is 3.28. The van der Waals surface area contributed by atoms with Gasteiger partial charge in [-0.2, -0.15) is 0 Å². The Morgan fingerprint density at radius 1 is 1.41 bits per heavy atom. The molecule has 2 rings (SSSR count). The lowest BCUT2D eigenvalue weighted by atomic mass is 10.1. The van der Waals surface area contributed by atoms with Crippen molar-refractivity contribution in [2.45, 2.75) is 45.6 Å². The maximum absolute atomic E-state index is 12.1. The minimum atomic E-state index is 0.0398. The van der Waals surface area contributed by atoms with E-state index in [2.05, 4.69) is 16.5 Å². The van der Waals surface area contributed by atoms with Crippen molar-refractivity contribution in [3.05, 3.63) is 17.2 Å². The van der Waals surface area contributed by atoms with Crippen LogP contribution in [0.4, 0.5) is 0 Å². The molecule has 0 radical (unpaired) electrons. The second-order valence-electron chi connectivity index (χ2n) is 4.88. The Kier molecular flexibility index (Phi) is 3.50. The molecule has 0 N–H and O–H groups in total. The third kappa shape index (κ3) is 2.21. The predicted octanol–water partition coefficient (Wildman–Crippen LogP) is 1.87. The van der Waals surface area contributed by atoms with Crippen LogP contribution < -0.4 is 0 Å². The van der Waals surface area contributed by atoms with Gasteiger partial charge in [-0.3, -0.25) is 4.79 Å². The highest BCUT2D eigenvalue weighted by Gasteiger charge is 2.24. The summed E-state index contributed by atoms with van der Waals surface area (Å²) in [6.45, 7) is 3.18. The molecule has 0 atom stereocenters. The molecule has 1 amide bonds. The molecule has 1 aliphatic heterocycles. The van der Waals surface area contributed by atoms with E-state index in [4.69, 9.17) is 0 Å². The Bertz CT molecular complexity index is 421. The number of aryl methyl sites for hydroxylation is 1. The quantitative estimate of drug-likeness (QED) is 0.802. The first-order valence-electron chi connectivity index (χ1n) is 6.45. The maximum Gasteiger partial charge on any atom is 0.273 e. The Morgan fingerprint density at radius 3 is 2.82 bits per heavy atom. The van der Waals surface area contributed by atoms with Crippen LogP contribution in [0.1, 0.15) is 48.2 Å². The lowest BCUT2D eigenvalue weighted by Crippen LogP contribution is -2.24. The lowest BCUT2D eigenvalue weighted by molar-refractivity contribution is 0.0820. The molecule has 0 saturated carbocycles. The summed E-state index contributed by atoms with van der Waals surface area (Å²) >= 11 is 0. The van der Waals surface area contributed by atoms with Gasteiger partial charge in [-0.05, 0) is 25.7 Å². The molecule has 1 aromatic heterocycles. The largest absolute Gasteiger partial charge is 0.343 e. The summed E-state index contributed by atoms with van der Waals surface area (Å²) in [5.41, 5.74) is 1.83. The standard InChI is InChI=1S/C13H21N3O/c1-4-7-11-14-12(13(17)15(2)3)10-8-5-6-9-16(10)11/h4-9H2,1-3H3.